The topological polar surface area (TPSA) is 45.6 Å². The van der Waals surface area contributed by atoms with Crippen LogP contribution in [0.15, 0.2) is 5.38 Å². The second-order valence-corrected chi connectivity index (χ2v) is 5.51. The van der Waals surface area contributed by atoms with E-state index in [2.05, 4.69) is 9.88 Å². The lowest BCUT2D eigenvalue weighted by Gasteiger charge is -2.15. The molecular formula is C12H20N2O2S. The van der Waals surface area contributed by atoms with Crippen molar-refractivity contribution >= 4 is 16.5 Å². The Kier molecular flexibility index (Phi) is 4.36. The molecule has 1 aromatic rings. The molecule has 0 aliphatic heterocycles. The highest BCUT2D eigenvalue weighted by Gasteiger charge is 2.21. The average molecular weight is 256 g/mol. The quantitative estimate of drug-likeness (QED) is 0.759. The van der Waals surface area contributed by atoms with Crippen molar-refractivity contribution in [3.8, 4) is 0 Å². The van der Waals surface area contributed by atoms with Gasteiger partial charge in [0.05, 0.1) is 18.4 Å². The molecule has 0 spiro atoms. The van der Waals surface area contributed by atoms with Gasteiger partial charge in [-0.3, -0.25) is 0 Å². The third kappa shape index (κ3) is 3.94. The van der Waals surface area contributed by atoms with Gasteiger partial charge in [-0.05, 0) is 25.7 Å². The summed E-state index contributed by atoms with van der Waals surface area (Å²) >= 11 is 1.56. The summed E-state index contributed by atoms with van der Waals surface area (Å²) < 4.78 is 5.59. The number of nitrogens with zero attached hydrogens (tertiary/aromatic N) is 2. The van der Waals surface area contributed by atoms with Gasteiger partial charge in [0.1, 0.15) is 0 Å². The van der Waals surface area contributed by atoms with Crippen LogP contribution in [0, 0.1) is 5.92 Å². The number of likely N-dealkylation sites (N-methyl/N-ethyl adjacent to an activating group) is 1. The Bertz CT molecular complexity index is 350. The molecule has 1 unspecified atom stereocenters. The fraction of sp³-hybridized carbons (Fsp3) is 0.750. The summed E-state index contributed by atoms with van der Waals surface area (Å²) in [5.74, 6) is 0.821. The van der Waals surface area contributed by atoms with Gasteiger partial charge in [-0.15, -0.1) is 11.3 Å². The lowest BCUT2D eigenvalue weighted by atomic mass is 10.3. The molecule has 1 aliphatic carbocycles. The predicted octanol–water partition coefficient (Wildman–Crippen LogP) is 2.06. The smallest absolute Gasteiger partial charge is 0.185 e. The zero-order valence-electron chi connectivity index (χ0n) is 10.4. The van der Waals surface area contributed by atoms with Crippen LogP contribution in [0.3, 0.4) is 0 Å². The zero-order chi connectivity index (χ0) is 12.3. The first-order chi connectivity index (χ1) is 8.16. The van der Waals surface area contributed by atoms with E-state index in [1.54, 1.807) is 18.3 Å². The minimum atomic E-state index is -0.487. The molecule has 0 bridgehead atoms. The second-order valence-electron chi connectivity index (χ2n) is 4.67. The van der Waals surface area contributed by atoms with Crippen LogP contribution in [-0.4, -0.2) is 36.9 Å². The van der Waals surface area contributed by atoms with Gasteiger partial charge in [0.25, 0.3) is 0 Å². The molecule has 1 saturated carbocycles. The van der Waals surface area contributed by atoms with Crippen molar-refractivity contribution in [3.05, 3.63) is 11.1 Å². The van der Waals surface area contributed by atoms with Gasteiger partial charge in [-0.1, -0.05) is 0 Å². The maximum Gasteiger partial charge on any atom is 0.185 e. The molecule has 1 fully saturated rings. The van der Waals surface area contributed by atoms with E-state index < -0.39 is 6.10 Å². The van der Waals surface area contributed by atoms with E-state index in [9.17, 15) is 5.11 Å². The fourth-order valence-electron chi connectivity index (χ4n) is 1.48. The normalized spacial score (nSPS) is 17.1. The molecule has 0 radical (unpaired) electrons. The van der Waals surface area contributed by atoms with Gasteiger partial charge in [-0.2, -0.15) is 0 Å². The number of anilines is 1. The van der Waals surface area contributed by atoms with Gasteiger partial charge in [-0.25, -0.2) is 4.98 Å². The number of aliphatic hydroxyl groups excluding tert-OH is 1. The summed E-state index contributed by atoms with van der Waals surface area (Å²) in [7, 11) is 2.01. The van der Waals surface area contributed by atoms with Crippen LogP contribution in [0.4, 0.5) is 5.13 Å². The first kappa shape index (κ1) is 12.8. The molecule has 1 heterocycles. The Morgan fingerprint density at radius 1 is 1.65 bits per heavy atom. The van der Waals surface area contributed by atoms with Crippen LogP contribution >= 0.6 is 11.3 Å². The van der Waals surface area contributed by atoms with Crippen molar-refractivity contribution in [1.82, 2.24) is 4.98 Å². The Hall–Kier alpha value is -0.650. The number of aromatic nitrogens is 1. The molecule has 1 aromatic heterocycles. The Morgan fingerprint density at radius 3 is 3.00 bits per heavy atom. The SMILES string of the molecule is CC(O)c1csc(N(C)CCOCC2CC2)n1. The predicted molar refractivity (Wildman–Crippen MR) is 69.6 cm³/mol. The highest BCUT2D eigenvalue weighted by Crippen LogP contribution is 2.28. The molecule has 2 rings (SSSR count). The van der Waals surface area contributed by atoms with E-state index in [-0.39, 0.29) is 0 Å². The third-order valence-electron chi connectivity index (χ3n) is 2.89. The van der Waals surface area contributed by atoms with E-state index in [1.807, 2.05) is 12.4 Å². The monoisotopic (exact) mass is 256 g/mol. The van der Waals surface area contributed by atoms with Crippen molar-refractivity contribution in [3.63, 3.8) is 0 Å². The molecule has 17 heavy (non-hydrogen) atoms. The summed E-state index contributed by atoms with van der Waals surface area (Å²) in [6.45, 7) is 4.23. The van der Waals surface area contributed by atoms with E-state index in [1.165, 1.54) is 12.8 Å². The summed E-state index contributed by atoms with van der Waals surface area (Å²) in [5.41, 5.74) is 0.746. The lowest BCUT2D eigenvalue weighted by molar-refractivity contribution is 0.131. The lowest BCUT2D eigenvalue weighted by Crippen LogP contribution is -2.22. The molecule has 4 nitrogen and oxygen atoms in total. The van der Waals surface area contributed by atoms with Crippen LogP contribution in [0.1, 0.15) is 31.6 Å². The first-order valence-electron chi connectivity index (χ1n) is 6.09. The van der Waals surface area contributed by atoms with Crippen molar-refractivity contribution < 1.29 is 9.84 Å². The highest BCUT2D eigenvalue weighted by atomic mass is 32.1. The second kappa shape index (κ2) is 5.80. The van der Waals surface area contributed by atoms with Gasteiger partial charge >= 0.3 is 0 Å². The van der Waals surface area contributed by atoms with E-state index in [4.69, 9.17) is 4.74 Å². The number of aliphatic hydroxyl groups is 1. The van der Waals surface area contributed by atoms with Crippen molar-refractivity contribution in [2.24, 2.45) is 5.92 Å². The van der Waals surface area contributed by atoms with Crippen molar-refractivity contribution in [2.75, 3.05) is 31.7 Å². The van der Waals surface area contributed by atoms with Crippen molar-refractivity contribution in [1.29, 1.82) is 0 Å². The van der Waals surface area contributed by atoms with Crippen LogP contribution in [-0.2, 0) is 4.74 Å². The maximum absolute atomic E-state index is 9.40. The molecule has 0 amide bonds. The number of hydrogen-bond donors (Lipinski definition) is 1. The molecule has 1 N–H and O–H groups in total. The van der Waals surface area contributed by atoms with Crippen molar-refractivity contribution in [2.45, 2.75) is 25.9 Å². The number of rotatable bonds is 7. The summed E-state index contributed by atoms with van der Waals surface area (Å²) in [4.78, 5) is 6.45. The summed E-state index contributed by atoms with van der Waals surface area (Å²) in [5, 5.41) is 12.2. The Morgan fingerprint density at radius 2 is 2.41 bits per heavy atom. The minimum absolute atomic E-state index is 0.487. The molecule has 1 aliphatic rings. The largest absolute Gasteiger partial charge is 0.387 e. The summed E-state index contributed by atoms with van der Waals surface area (Å²) in [6, 6.07) is 0. The number of thiazole rings is 1. The third-order valence-corrected chi connectivity index (χ3v) is 3.86. The Balaban J connectivity index is 1.71. The van der Waals surface area contributed by atoms with E-state index in [0.29, 0.717) is 0 Å². The van der Waals surface area contributed by atoms with Crippen LogP contribution in [0.5, 0.6) is 0 Å². The van der Waals surface area contributed by atoms with Crippen LogP contribution in [0.2, 0.25) is 0 Å². The van der Waals surface area contributed by atoms with E-state index >= 15 is 0 Å². The molecular weight excluding hydrogens is 236 g/mol. The van der Waals surface area contributed by atoms with Gasteiger partial charge in [0.15, 0.2) is 5.13 Å². The summed E-state index contributed by atoms with van der Waals surface area (Å²) in [6.07, 6.45) is 2.18. The standard InChI is InChI=1S/C12H20N2O2S/c1-9(15)11-8-17-12(13-11)14(2)5-6-16-7-10-3-4-10/h8-10,15H,3-7H2,1-2H3. The van der Waals surface area contributed by atoms with Crippen LogP contribution < -0.4 is 4.90 Å². The van der Waals surface area contributed by atoms with E-state index in [0.717, 1.165) is 36.5 Å². The Labute approximate surface area is 106 Å². The average Bonchev–Trinajstić information content (AvgIpc) is 2.97. The number of hydrogen-bond acceptors (Lipinski definition) is 5. The van der Waals surface area contributed by atoms with Gasteiger partial charge in [0, 0.05) is 25.6 Å². The minimum Gasteiger partial charge on any atom is -0.387 e. The number of ether oxygens (including phenoxy) is 1. The molecule has 0 aromatic carbocycles. The zero-order valence-corrected chi connectivity index (χ0v) is 11.2. The molecule has 96 valence electrons. The van der Waals surface area contributed by atoms with Crippen LogP contribution in [0.25, 0.3) is 0 Å². The molecule has 0 saturated heterocycles. The van der Waals surface area contributed by atoms with Gasteiger partial charge < -0.3 is 14.7 Å². The maximum atomic E-state index is 9.40. The fourth-order valence-corrected chi connectivity index (χ4v) is 2.38. The molecule has 5 heteroatoms. The molecule has 1 atom stereocenters. The van der Waals surface area contributed by atoms with Gasteiger partial charge in [0.2, 0.25) is 0 Å². The highest BCUT2D eigenvalue weighted by molar-refractivity contribution is 7.13. The first-order valence-corrected chi connectivity index (χ1v) is 6.97.